The minimum atomic E-state index is 0.651. The SMILES string of the molecule is COCCNC(=S)NCCc1ccco1. The highest BCUT2D eigenvalue weighted by Crippen LogP contribution is 1.99. The van der Waals surface area contributed by atoms with Gasteiger partial charge in [-0.25, -0.2) is 0 Å². The zero-order valence-corrected chi connectivity index (χ0v) is 9.60. The van der Waals surface area contributed by atoms with Crippen molar-refractivity contribution in [3.63, 3.8) is 0 Å². The van der Waals surface area contributed by atoms with Gasteiger partial charge in [0.05, 0.1) is 12.9 Å². The maximum absolute atomic E-state index is 5.19. The van der Waals surface area contributed by atoms with Gasteiger partial charge in [0.1, 0.15) is 5.76 Å². The molecule has 0 radical (unpaired) electrons. The highest BCUT2D eigenvalue weighted by atomic mass is 32.1. The molecule has 0 amide bonds. The fourth-order valence-corrected chi connectivity index (χ4v) is 1.29. The van der Waals surface area contributed by atoms with E-state index in [1.54, 1.807) is 13.4 Å². The van der Waals surface area contributed by atoms with Crippen LogP contribution in [0.3, 0.4) is 0 Å². The van der Waals surface area contributed by atoms with E-state index in [2.05, 4.69) is 10.6 Å². The van der Waals surface area contributed by atoms with Gasteiger partial charge in [-0.1, -0.05) is 0 Å². The van der Waals surface area contributed by atoms with Crippen LogP contribution < -0.4 is 10.6 Å². The summed E-state index contributed by atoms with van der Waals surface area (Å²) in [7, 11) is 1.66. The van der Waals surface area contributed by atoms with Crippen LogP contribution in [0.2, 0.25) is 0 Å². The second-order valence-corrected chi connectivity index (χ2v) is 3.41. The number of furan rings is 1. The predicted molar refractivity (Wildman–Crippen MR) is 62.9 cm³/mol. The summed E-state index contributed by atoms with van der Waals surface area (Å²) in [6.07, 6.45) is 2.50. The van der Waals surface area contributed by atoms with Gasteiger partial charge in [0, 0.05) is 26.6 Å². The first-order valence-corrected chi connectivity index (χ1v) is 5.27. The number of ether oxygens (including phenoxy) is 1. The molecule has 84 valence electrons. The minimum absolute atomic E-state index is 0.651. The maximum atomic E-state index is 5.19. The molecule has 0 aromatic carbocycles. The van der Waals surface area contributed by atoms with Crippen LogP contribution in [-0.4, -0.2) is 31.9 Å². The summed E-state index contributed by atoms with van der Waals surface area (Å²) < 4.78 is 10.1. The van der Waals surface area contributed by atoms with Crippen LogP contribution in [0, 0.1) is 0 Å². The van der Waals surface area contributed by atoms with E-state index in [-0.39, 0.29) is 0 Å². The van der Waals surface area contributed by atoms with E-state index >= 15 is 0 Å². The lowest BCUT2D eigenvalue weighted by molar-refractivity contribution is 0.204. The van der Waals surface area contributed by atoms with E-state index in [1.807, 2.05) is 12.1 Å². The van der Waals surface area contributed by atoms with Gasteiger partial charge in [-0.3, -0.25) is 0 Å². The summed E-state index contributed by atoms with van der Waals surface area (Å²) >= 11 is 5.05. The molecule has 1 aromatic rings. The number of rotatable bonds is 6. The Morgan fingerprint density at radius 2 is 2.27 bits per heavy atom. The number of hydrogen-bond acceptors (Lipinski definition) is 3. The Morgan fingerprint density at radius 3 is 2.93 bits per heavy atom. The molecule has 1 aromatic heterocycles. The quantitative estimate of drug-likeness (QED) is 0.560. The lowest BCUT2D eigenvalue weighted by Crippen LogP contribution is -2.37. The van der Waals surface area contributed by atoms with Gasteiger partial charge in [0.25, 0.3) is 0 Å². The molecule has 0 fully saturated rings. The molecule has 1 heterocycles. The molecule has 1 rings (SSSR count). The Labute approximate surface area is 95.0 Å². The van der Waals surface area contributed by atoms with Gasteiger partial charge in [0.15, 0.2) is 5.11 Å². The van der Waals surface area contributed by atoms with Gasteiger partial charge in [-0.2, -0.15) is 0 Å². The zero-order chi connectivity index (χ0) is 10.9. The zero-order valence-electron chi connectivity index (χ0n) is 8.79. The smallest absolute Gasteiger partial charge is 0.166 e. The van der Waals surface area contributed by atoms with Gasteiger partial charge < -0.3 is 19.8 Å². The molecule has 0 atom stereocenters. The molecule has 2 N–H and O–H groups in total. The summed E-state index contributed by atoms with van der Waals surface area (Å²) in [6, 6.07) is 3.83. The predicted octanol–water partition coefficient (Wildman–Crippen LogP) is 0.933. The van der Waals surface area contributed by atoms with E-state index < -0.39 is 0 Å². The van der Waals surface area contributed by atoms with Gasteiger partial charge >= 0.3 is 0 Å². The normalized spacial score (nSPS) is 9.93. The maximum Gasteiger partial charge on any atom is 0.166 e. The van der Waals surface area contributed by atoms with Crippen LogP contribution in [0.5, 0.6) is 0 Å². The highest BCUT2D eigenvalue weighted by molar-refractivity contribution is 7.80. The van der Waals surface area contributed by atoms with Crippen molar-refractivity contribution in [2.24, 2.45) is 0 Å². The number of hydrogen-bond donors (Lipinski definition) is 2. The van der Waals surface area contributed by atoms with Crippen molar-refractivity contribution in [2.45, 2.75) is 6.42 Å². The number of nitrogens with one attached hydrogen (secondary N) is 2. The van der Waals surface area contributed by atoms with Crippen LogP contribution >= 0.6 is 12.2 Å². The van der Waals surface area contributed by atoms with Crippen LogP contribution in [0.4, 0.5) is 0 Å². The standard InChI is InChI=1S/C10H16N2O2S/c1-13-8-6-12-10(15)11-5-4-9-3-2-7-14-9/h2-3,7H,4-6,8H2,1H3,(H2,11,12,15). The molecular weight excluding hydrogens is 212 g/mol. The molecule has 0 spiro atoms. The molecule has 0 unspecified atom stereocenters. The largest absolute Gasteiger partial charge is 0.469 e. The Hall–Kier alpha value is -1.07. The van der Waals surface area contributed by atoms with E-state index in [9.17, 15) is 0 Å². The topological polar surface area (TPSA) is 46.4 Å². The fourth-order valence-electron chi connectivity index (χ4n) is 1.08. The Kier molecular flexibility index (Phi) is 5.80. The monoisotopic (exact) mass is 228 g/mol. The average molecular weight is 228 g/mol. The van der Waals surface area contributed by atoms with Crippen molar-refractivity contribution >= 4 is 17.3 Å². The molecule has 0 aliphatic rings. The van der Waals surface area contributed by atoms with Crippen molar-refractivity contribution in [1.29, 1.82) is 0 Å². The molecule has 4 nitrogen and oxygen atoms in total. The molecule has 0 aliphatic heterocycles. The van der Waals surface area contributed by atoms with Crippen molar-refractivity contribution < 1.29 is 9.15 Å². The molecule has 0 saturated heterocycles. The first-order chi connectivity index (χ1) is 7.33. The third-order valence-corrected chi connectivity index (χ3v) is 2.12. The first kappa shape index (κ1) is 12.0. The second-order valence-electron chi connectivity index (χ2n) is 3.00. The van der Waals surface area contributed by atoms with Gasteiger partial charge in [-0.05, 0) is 24.4 Å². The highest BCUT2D eigenvalue weighted by Gasteiger charge is 1.97. The molecule has 5 heteroatoms. The molecule has 0 bridgehead atoms. The van der Waals surface area contributed by atoms with Crippen LogP contribution in [0.1, 0.15) is 5.76 Å². The van der Waals surface area contributed by atoms with Crippen molar-refractivity contribution in [2.75, 3.05) is 26.8 Å². The van der Waals surface area contributed by atoms with Crippen molar-refractivity contribution in [3.05, 3.63) is 24.2 Å². The lowest BCUT2D eigenvalue weighted by Gasteiger charge is -2.08. The summed E-state index contributed by atoms with van der Waals surface area (Å²) in [5, 5.41) is 6.76. The molecular formula is C10H16N2O2S. The summed E-state index contributed by atoms with van der Waals surface area (Å²) in [4.78, 5) is 0. The Morgan fingerprint density at radius 1 is 1.47 bits per heavy atom. The van der Waals surface area contributed by atoms with Crippen LogP contribution in [0.15, 0.2) is 22.8 Å². The summed E-state index contributed by atoms with van der Waals surface area (Å²) in [5.41, 5.74) is 0. The van der Waals surface area contributed by atoms with Crippen molar-refractivity contribution in [1.82, 2.24) is 10.6 Å². The first-order valence-electron chi connectivity index (χ1n) is 4.86. The number of methoxy groups -OCH3 is 1. The third kappa shape index (κ3) is 5.39. The lowest BCUT2D eigenvalue weighted by atomic mass is 10.3. The summed E-state index contributed by atoms with van der Waals surface area (Å²) in [5.74, 6) is 0.960. The van der Waals surface area contributed by atoms with E-state index in [4.69, 9.17) is 21.4 Å². The van der Waals surface area contributed by atoms with Crippen molar-refractivity contribution in [3.8, 4) is 0 Å². The van der Waals surface area contributed by atoms with E-state index in [0.29, 0.717) is 11.7 Å². The van der Waals surface area contributed by atoms with E-state index in [1.165, 1.54) is 0 Å². The average Bonchev–Trinajstić information content (AvgIpc) is 2.71. The van der Waals surface area contributed by atoms with Gasteiger partial charge in [0.2, 0.25) is 0 Å². The van der Waals surface area contributed by atoms with E-state index in [0.717, 1.165) is 25.3 Å². The summed E-state index contributed by atoms with van der Waals surface area (Å²) in [6.45, 7) is 2.15. The Balaban J connectivity index is 2.02. The second kappa shape index (κ2) is 7.25. The Bertz CT molecular complexity index is 275. The molecule has 0 aliphatic carbocycles. The van der Waals surface area contributed by atoms with Crippen LogP contribution in [0.25, 0.3) is 0 Å². The molecule has 15 heavy (non-hydrogen) atoms. The third-order valence-electron chi connectivity index (χ3n) is 1.83. The van der Waals surface area contributed by atoms with Crippen LogP contribution in [-0.2, 0) is 11.2 Å². The molecule has 0 saturated carbocycles. The minimum Gasteiger partial charge on any atom is -0.469 e. The van der Waals surface area contributed by atoms with Gasteiger partial charge in [-0.15, -0.1) is 0 Å². The number of thiocarbonyl (C=S) groups is 1. The fraction of sp³-hybridized carbons (Fsp3) is 0.500.